The number of carbonyl (C=O) groups excluding carboxylic acids is 1. The Bertz CT molecular complexity index is 378. The van der Waals surface area contributed by atoms with Gasteiger partial charge in [0, 0.05) is 17.8 Å². The van der Waals surface area contributed by atoms with E-state index in [1.165, 1.54) is 0 Å². The summed E-state index contributed by atoms with van der Waals surface area (Å²) in [6, 6.07) is 1.83. The normalized spacial score (nSPS) is 12.1. The summed E-state index contributed by atoms with van der Waals surface area (Å²) in [7, 11) is 0. The molecule has 82 valence electrons. The minimum Gasteiger partial charge on any atom is -0.393 e. The Hall–Kier alpha value is -0.210. The Morgan fingerprint density at radius 2 is 2.47 bits per heavy atom. The molecule has 3 N–H and O–H groups in total. The van der Waals surface area contributed by atoms with Gasteiger partial charge in [0.05, 0.1) is 13.4 Å². The molecule has 0 saturated carbocycles. The molecule has 1 heterocycles. The zero-order valence-electron chi connectivity index (χ0n) is 8.12. The first-order chi connectivity index (χ1) is 6.99. The summed E-state index contributed by atoms with van der Waals surface area (Å²) in [6.45, 7) is 1.88. The van der Waals surface area contributed by atoms with E-state index in [0.29, 0.717) is 17.0 Å². The lowest BCUT2D eigenvalue weighted by Crippen LogP contribution is -2.35. The van der Waals surface area contributed by atoms with Crippen LogP contribution >= 0.6 is 46.1 Å². The fraction of sp³-hybridized carbons (Fsp3) is 0.333. The standard InChI is InChI=1S/C9H11IN2OS2/c1-5(2-8(11)14)12-9(13)6-3-7(10)15-4-6/h3-5H,2H2,1H3,(H2,11,14)(H,12,13). The van der Waals surface area contributed by atoms with Crippen LogP contribution in [0.1, 0.15) is 23.7 Å². The van der Waals surface area contributed by atoms with Crippen LogP contribution in [0.2, 0.25) is 0 Å². The molecule has 0 aliphatic rings. The van der Waals surface area contributed by atoms with Crippen molar-refractivity contribution in [1.82, 2.24) is 5.32 Å². The van der Waals surface area contributed by atoms with Crippen molar-refractivity contribution in [1.29, 1.82) is 0 Å². The summed E-state index contributed by atoms with van der Waals surface area (Å²) in [5.74, 6) is -0.0714. The third-order valence-electron chi connectivity index (χ3n) is 1.71. The molecule has 0 saturated heterocycles. The van der Waals surface area contributed by atoms with Gasteiger partial charge in [-0.05, 0) is 35.6 Å². The molecule has 0 aromatic carbocycles. The van der Waals surface area contributed by atoms with Crippen molar-refractivity contribution in [2.24, 2.45) is 5.73 Å². The number of nitrogens with two attached hydrogens (primary N) is 1. The highest BCUT2D eigenvalue weighted by atomic mass is 127. The van der Waals surface area contributed by atoms with Crippen LogP contribution in [0, 0.1) is 2.88 Å². The van der Waals surface area contributed by atoms with Crippen molar-refractivity contribution in [3.05, 3.63) is 19.9 Å². The molecule has 3 nitrogen and oxygen atoms in total. The van der Waals surface area contributed by atoms with Gasteiger partial charge in [-0.2, -0.15) is 0 Å². The molecule has 0 spiro atoms. The van der Waals surface area contributed by atoms with Gasteiger partial charge in [0.2, 0.25) is 0 Å². The highest BCUT2D eigenvalue weighted by molar-refractivity contribution is 14.1. The van der Waals surface area contributed by atoms with Crippen LogP contribution < -0.4 is 11.1 Å². The lowest BCUT2D eigenvalue weighted by Gasteiger charge is -2.11. The first-order valence-corrected chi connectivity index (χ1v) is 6.69. The highest BCUT2D eigenvalue weighted by Crippen LogP contribution is 2.16. The molecule has 6 heteroatoms. The molecule has 1 rings (SSSR count). The van der Waals surface area contributed by atoms with Gasteiger partial charge in [0.1, 0.15) is 0 Å². The van der Waals surface area contributed by atoms with E-state index in [4.69, 9.17) is 18.0 Å². The van der Waals surface area contributed by atoms with Gasteiger partial charge >= 0.3 is 0 Å². The Morgan fingerprint density at radius 3 is 2.93 bits per heavy atom. The van der Waals surface area contributed by atoms with E-state index in [0.717, 1.165) is 2.88 Å². The molecule has 1 atom stereocenters. The molecule has 1 amide bonds. The van der Waals surface area contributed by atoms with E-state index < -0.39 is 0 Å². The number of thiocarbonyl (C=S) groups is 1. The third-order valence-corrected chi connectivity index (χ3v) is 3.67. The average Bonchev–Trinajstić information content (AvgIpc) is 2.49. The molecule has 0 bridgehead atoms. The van der Waals surface area contributed by atoms with Crippen molar-refractivity contribution in [3.8, 4) is 0 Å². The number of amides is 1. The molecule has 0 fully saturated rings. The van der Waals surface area contributed by atoms with Crippen LogP contribution in [-0.2, 0) is 0 Å². The SMILES string of the molecule is CC(CC(N)=S)NC(=O)c1csc(I)c1. The van der Waals surface area contributed by atoms with Gasteiger partial charge in [-0.3, -0.25) is 4.79 Å². The van der Waals surface area contributed by atoms with E-state index in [1.54, 1.807) is 11.3 Å². The lowest BCUT2D eigenvalue weighted by atomic mass is 10.2. The van der Waals surface area contributed by atoms with E-state index in [-0.39, 0.29) is 11.9 Å². The Kier molecular flexibility index (Phi) is 4.94. The predicted molar refractivity (Wildman–Crippen MR) is 75.4 cm³/mol. The maximum Gasteiger partial charge on any atom is 0.252 e. The summed E-state index contributed by atoms with van der Waals surface area (Å²) >= 11 is 8.51. The summed E-state index contributed by atoms with van der Waals surface area (Å²) < 4.78 is 1.10. The fourth-order valence-corrected chi connectivity index (χ4v) is 2.67. The molecule has 1 unspecified atom stereocenters. The van der Waals surface area contributed by atoms with Crippen LogP contribution in [-0.4, -0.2) is 16.9 Å². The summed E-state index contributed by atoms with van der Waals surface area (Å²) in [5.41, 5.74) is 6.09. The van der Waals surface area contributed by atoms with Crippen molar-refractivity contribution in [3.63, 3.8) is 0 Å². The largest absolute Gasteiger partial charge is 0.393 e. The maximum absolute atomic E-state index is 11.7. The monoisotopic (exact) mass is 354 g/mol. The minimum absolute atomic E-state index is 0.0208. The quantitative estimate of drug-likeness (QED) is 0.644. The molecular formula is C9H11IN2OS2. The Balaban J connectivity index is 2.52. The molecule has 0 radical (unpaired) electrons. The van der Waals surface area contributed by atoms with E-state index in [2.05, 4.69) is 27.9 Å². The molecule has 15 heavy (non-hydrogen) atoms. The molecule has 0 aliphatic heterocycles. The van der Waals surface area contributed by atoms with Gasteiger partial charge < -0.3 is 11.1 Å². The number of carbonyl (C=O) groups is 1. The maximum atomic E-state index is 11.7. The number of halogens is 1. The lowest BCUT2D eigenvalue weighted by molar-refractivity contribution is 0.0942. The number of hydrogen-bond donors (Lipinski definition) is 2. The second-order valence-corrected chi connectivity index (χ2v) is 6.51. The van der Waals surface area contributed by atoms with Crippen LogP contribution in [0.3, 0.4) is 0 Å². The van der Waals surface area contributed by atoms with Gasteiger partial charge in [-0.1, -0.05) is 12.2 Å². The summed E-state index contributed by atoms with van der Waals surface area (Å²) in [6.07, 6.45) is 0.530. The van der Waals surface area contributed by atoms with Crippen LogP contribution in [0.5, 0.6) is 0 Å². The third kappa shape index (κ3) is 4.43. The smallest absolute Gasteiger partial charge is 0.252 e. The van der Waals surface area contributed by atoms with Gasteiger partial charge in [0.25, 0.3) is 5.91 Å². The summed E-state index contributed by atoms with van der Waals surface area (Å²) in [4.78, 5) is 12.1. The van der Waals surface area contributed by atoms with E-state index >= 15 is 0 Å². The highest BCUT2D eigenvalue weighted by Gasteiger charge is 2.11. The van der Waals surface area contributed by atoms with Crippen molar-refractivity contribution in [2.45, 2.75) is 19.4 Å². The number of nitrogens with one attached hydrogen (secondary N) is 1. The minimum atomic E-state index is -0.0714. The topological polar surface area (TPSA) is 55.1 Å². The molecule has 1 aromatic heterocycles. The van der Waals surface area contributed by atoms with Crippen LogP contribution in [0.25, 0.3) is 0 Å². The fourth-order valence-electron chi connectivity index (χ4n) is 1.09. The summed E-state index contributed by atoms with van der Waals surface area (Å²) in [5, 5.41) is 4.68. The average molecular weight is 354 g/mol. The number of thiophene rings is 1. The van der Waals surface area contributed by atoms with E-state index in [1.807, 2.05) is 18.4 Å². The van der Waals surface area contributed by atoms with Crippen LogP contribution in [0.4, 0.5) is 0 Å². The first kappa shape index (κ1) is 12.9. The Labute approximate surface area is 112 Å². The second kappa shape index (κ2) is 5.76. The first-order valence-electron chi connectivity index (χ1n) is 4.32. The Morgan fingerprint density at radius 1 is 1.80 bits per heavy atom. The van der Waals surface area contributed by atoms with Crippen molar-refractivity contribution >= 4 is 57.0 Å². The molecule has 0 aliphatic carbocycles. The zero-order chi connectivity index (χ0) is 11.4. The molecular weight excluding hydrogens is 343 g/mol. The van der Waals surface area contributed by atoms with Gasteiger partial charge in [-0.25, -0.2) is 0 Å². The number of rotatable bonds is 4. The number of hydrogen-bond acceptors (Lipinski definition) is 3. The molecule has 1 aromatic rings. The van der Waals surface area contributed by atoms with Crippen molar-refractivity contribution < 1.29 is 4.79 Å². The van der Waals surface area contributed by atoms with Crippen molar-refractivity contribution in [2.75, 3.05) is 0 Å². The van der Waals surface area contributed by atoms with Crippen LogP contribution in [0.15, 0.2) is 11.4 Å². The second-order valence-electron chi connectivity index (χ2n) is 3.18. The van der Waals surface area contributed by atoms with Gasteiger partial charge in [-0.15, -0.1) is 11.3 Å². The van der Waals surface area contributed by atoms with Gasteiger partial charge in [0.15, 0.2) is 0 Å². The predicted octanol–water partition coefficient (Wildman–Crippen LogP) is 2.15. The zero-order valence-corrected chi connectivity index (χ0v) is 11.9. The van der Waals surface area contributed by atoms with E-state index in [9.17, 15) is 4.79 Å².